The van der Waals surface area contributed by atoms with Crippen molar-refractivity contribution in [1.82, 2.24) is 0 Å². The molecule has 4 heteroatoms. The Balaban J connectivity index is 2.11. The van der Waals surface area contributed by atoms with Crippen LogP contribution < -0.4 is 4.90 Å². The highest BCUT2D eigenvalue weighted by molar-refractivity contribution is 5.98. The first-order chi connectivity index (χ1) is 9.08. The maximum absolute atomic E-state index is 11.9. The maximum atomic E-state index is 11.9. The predicted molar refractivity (Wildman–Crippen MR) is 71.5 cm³/mol. The van der Waals surface area contributed by atoms with Crippen LogP contribution in [0, 0.1) is 0 Å². The summed E-state index contributed by atoms with van der Waals surface area (Å²) in [5.74, 6) is -1.09. The summed E-state index contributed by atoms with van der Waals surface area (Å²) in [7, 11) is 0. The van der Waals surface area contributed by atoms with Gasteiger partial charge in [-0.3, -0.25) is 9.59 Å². The van der Waals surface area contributed by atoms with Crippen LogP contribution in [0.3, 0.4) is 0 Å². The van der Waals surface area contributed by atoms with Crippen LogP contribution in [0.25, 0.3) is 0 Å². The van der Waals surface area contributed by atoms with E-state index in [-0.39, 0.29) is 5.91 Å². The molecular formula is C15H17NO3. The molecule has 0 saturated heterocycles. The van der Waals surface area contributed by atoms with Gasteiger partial charge in [0, 0.05) is 13.0 Å². The first-order valence-corrected chi connectivity index (χ1v) is 6.77. The standard InChI is InChI=1S/C15H17NO3/c1-9(15(18)19)12-7-10-3-2-6-16-13(17)5-4-11(8-12)14(10)16/h7-9H,2-6H2,1H3,(H,18,19). The average molecular weight is 259 g/mol. The van der Waals surface area contributed by atoms with Crippen LogP contribution in [-0.4, -0.2) is 23.5 Å². The largest absolute Gasteiger partial charge is 0.481 e. The van der Waals surface area contributed by atoms with Crippen molar-refractivity contribution in [2.45, 2.75) is 38.5 Å². The van der Waals surface area contributed by atoms with Crippen LogP contribution in [-0.2, 0) is 22.4 Å². The first kappa shape index (κ1) is 12.2. The number of anilines is 1. The van der Waals surface area contributed by atoms with E-state index in [4.69, 9.17) is 5.11 Å². The van der Waals surface area contributed by atoms with Crippen molar-refractivity contribution in [3.63, 3.8) is 0 Å². The Kier molecular flexibility index (Phi) is 2.81. The van der Waals surface area contributed by atoms with Crippen molar-refractivity contribution < 1.29 is 14.7 Å². The molecule has 1 atom stereocenters. The number of aliphatic carboxylic acids is 1. The number of carboxylic acids is 1. The zero-order chi connectivity index (χ0) is 13.6. The molecule has 3 rings (SSSR count). The quantitative estimate of drug-likeness (QED) is 0.884. The number of carbonyl (C=O) groups excluding carboxylic acids is 1. The van der Waals surface area contributed by atoms with Gasteiger partial charge >= 0.3 is 5.97 Å². The summed E-state index contributed by atoms with van der Waals surface area (Å²) in [5.41, 5.74) is 4.20. The van der Waals surface area contributed by atoms with Gasteiger partial charge in [-0.15, -0.1) is 0 Å². The highest BCUT2D eigenvalue weighted by Gasteiger charge is 2.30. The Labute approximate surface area is 112 Å². The lowest BCUT2D eigenvalue weighted by molar-refractivity contribution is -0.138. The molecule has 1 aromatic carbocycles. The van der Waals surface area contributed by atoms with E-state index in [0.29, 0.717) is 6.42 Å². The average Bonchev–Trinajstić information content (AvgIpc) is 2.41. The fourth-order valence-electron chi connectivity index (χ4n) is 3.07. The number of rotatable bonds is 2. The van der Waals surface area contributed by atoms with Gasteiger partial charge in [0.15, 0.2) is 0 Å². The first-order valence-electron chi connectivity index (χ1n) is 6.77. The number of carboxylic acid groups (broad SMARTS) is 1. The van der Waals surface area contributed by atoms with E-state index in [1.54, 1.807) is 6.92 Å². The Morgan fingerprint density at radius 3 is 2.63 bits per heavy atom. The Morgan fingerprint density at radius 2 is 1.95 bits per heavy atom. The minimum absolute atomic E-state index is 0.201. The van der Waals surface area contributed by atoms with Crippen LogP contribution in [0.15, 0.2) is 12.1 Å². The second-order valence-corrected chi connectivity index (χ2v) is 5.40. The normalized spacial score (nSPS) is 19.0. The third kappa shape index (κ3) is 1.91. The van der Waals surface area contributed by atoms with E-state index in [2.05, 4.69) is 0 Å². The minimum Gasteiger partial charge on any atom is -0.481 e. The van der Waals surface area contributed by atoms with Gasteiger partial charge in [-0.1, -0.05) is 12.1 Å². The second-order valence-electron chi connectivity index (χ2n) is 5.40. The minimum atomic E-state index is -0.799. The smallest absolute Gasteiger partial charge is 0.310 e. The molecule has 0 saturated carbocycles. The Hall–Kier alpha value is -1.84. The van der Waals surface area contributed by atoms with Crippen LogP contribution in [0.2, 0.25) is 0 Å². The fourth-order valence-corrected chi connectivity index (χ4v) is 3.07. The van der Waals surface area contributed by atoms with Gasteiger partial charge in [-0.25, -0.2) is 0 Å². The van der Waals surface area contributed by atoms with Gasteiger partial charge in [-0.05, 0) is 42.9 Å². The number of aryl methyl sites for hydroxylation is 2. The van der Waals surface area contributed by atoms with Crippen molar-refractivity contribution in [3.05, 3.63) is 28.8 Å². The lowest BCUT2D eigenvalue weighted by Gasteiger charge is -2.35. The van der Waals surface area contributed by atoms with Gasteiger partial charge in [-0.2, -0.15) is 0 Å². The van der Waals surface area contributed by atoms with E-state index < -0.39 is 11.9 Å². The Morgan fingerprint density at radius 1 is 1.26 bits per heavy atom. The summed E-state index contributed by atoms with van der Waals surface area (Å²) in [4.78, 5) is 24.9. The lowest BCUT2D eigenvalue weighted by atomic mass is 9.87. The van der Waals surface area contributed by atoms with Crippen molar-refractivity contribution in [1.29, 1.82) is 0 Å². The highest BCUT2D eigenvalue weighted by atomic mass is 16.4. The second kappa shape index (κ2) is 4.37. The van der Waals surface area contributed by atoms with E-state index in [9.17, 15) is 9.59 Å². The molecule has 0 aliphatic carbocycles. The molecule has 4 nitrogen and oxygen atoms in total. The van der Waals surface area contributed by atoms with E-state index >= 15 is 0 Å². The molecule has 19 heavy (non-hydrogen) atoms. The fraction of sp³-hybridized carbons (Fsp3) is 0.467. The maximum Gasteiger partial charge on any atom is 0.310 e. The molecule has 2 aliphatic heterocycles. The molecular weight excluding hydrogens is 242 g/mol. The van der Waals surface area contributed by atoms with Gasteiger partial charge in [0.05, 0.1) is 11.6 Å². The summed E-state index contributed by atoms with van der Waals surface area (Å²) in [5, 5.41) is 9.15. The summed E-state index contributed by atoms with van der Waals surface area (Å²) in [6.07, 6.45) is 3.17. The zero-order valence-corrected chi connectivity index (χ0v) is 11.0. The third-order valence-corrected chi connectivity index (χ3v) is 4.17. The van der Waals surface area contributed by atoms with Crippen LogP contribution in [0.5, 0.6) is 0 Å². The van der Waals surface area contributed by atoms with E-state index in [1.807, 2.05) is 17.0 Å². The number of carbonyl (C=O) groups is 2. The molecule has 2 aliphatic rings. The molecule has 0 aromatic heterocycles. The van der Waals surface area contributed by atoms with Gasteiger partial charge in [0.25, 0.3) is 0 Å². The molecule has 2 heterocycles. The molecule has 0 radical (unpaired) electrons. The Bertz CT molecular complexity index is 548. The molecule has 1 N–H and O–H groups in total. The van der Waals surface area contributed by atoms with Crippen molar-refractivity contribution in [3.8, 4) is 0 Å². The predicted octanol–water partition coefficient (Wildman–Crippen LogP) is 2.10. The summed E-state index contributed by atoms with van der Waals surface area (Å²) in [6.45, 7) is 2.51. The zero-order valence-electron chi connectivity index (χ0n) is 11.0. The van der Waals surface area contributed by atoms with E-state index in [0.717, 1.165) is 48.2 Å². The summed E-state index contributed by atoms with van der Waals surface area (Å²) in [6, 6.07) is 3.95. The SMILES string of the molecule is CC(C(=O)O)c1cc2c3c(c1)CCC(=O)N3CCC2. The molecule has 0 fully saturated rings. The number of nitrogens with zero attached hydrogens (tertiary/aromatic N) is 1. The highest BCUT2D eigenvalue weighted by Crippen LogP contribution is 2.37. The monoisotopic (exact) mass is 259 g/mol. The third-order valence-electron chi connectivity index (χ3n) is 4.17. The molecule has 1 aromatic rings. The van der Waals surface area contributed by atoms with E-state index in [1.165, 1.54) is 0 Å². The van der Waals surface area contributed by atoms with Crippen molar-refractivity contribution in [2.24, 2.45) is 0 Å². The summed E-state index contributed by atoms with van der Waals surface area (Å²) < 4.78 is 0. The van der Waals surface area contributed by atoms with Gasteiger partial charge < -0.3 is 10.0 Å². The van der Waals surface area contributed by atoms with Crippen molar-refractivity contribution in [2.75, 3.05) is 11.4 Å². The molecule has 1 amide bonds. The molecule has 0 spiro atoms. The van der Waals surface area contributed by atoms with Gasteiger partial charge in [0.1, 0.15) is 0 Å². The number of hydrogen-bond donors (Lipinski definition) is 1. The molecule has 100 valence electrons. The van der Waals surface area contributed by atoms with Gasteiger partial charge in [0.2, 0.25) is 5.91 Å². The van der Waals surface area contributed by atoms with Crippen LogP contribution >= 0.6 is 0 Å². The lowest BCUT2D eigenvalue weighted by Crippen LogP contribution is -2.39. The van der Waals surface area contributed by atoms with Crippen LogP contribution in [0.4, 0.5) is 5.69 Å². The van der Waals surface area contributed by atoms with Crippen molar-refractivity contribution >= 4 is 17.6 Å². The number of amides is 1. The number of benzene rings is 1. The molecule has 0 bridgehead atoms. The van der Waals surface area contributed by atoms with Crippen LogP contribution in [0.1, 0.15) is 42.4 Å². The molecule has 1 unspecified atom stereocenters. The number of hydrogen-bond acceptors (Lipinski definition) is 2. The topological polar surface area (TPSA) is 57.6 Å². The summed E-state index contributed by atoms with van der Waals surface area (Å²) >= 11 is 0.